The molecule has 0 atom stereocenters. The van der Waals surface area contributed by atoms with Gasteiger partial charge in [-0.25, -0.2) is 9.78 Å². The summed E-state index contributed by atoms with van der Waals surface area (Å²) < 4.78 is 0. The van der Waals surface area contributed by atoms with Crippen LogP contribution in [0.4, 0.5) is 11.5 Å². The highest BCUT2D eigenvalue weighted by molar-refractivity contribution is 5.94. The number of nitrogens with two attached hydrogens (primary N) is 1. The number of anilines is 2. The van der Waals surface area contributed by atoms with Crippen molar-refractivity contribution in [3.05, 3.63) is 17.8 Å². The first-order valence-electron chi connectivity index (χ1n) is 5.12. The maximum Gasteiger partial charge on any atom is 0.339 e. The van der Waals surface area contributed by atoms with Crippen LogP contribution >= 0.6 is 0 Å². The minimum atomic E-state index is -1.03. The number of nitrogen functional groups attached to an aromatic ring is 1. The molecule has 5 nitrogen and oxygen atoms in total. The summed E-state index contributed by atoms with van der Waals surface area (Å²) in [5.41, 5.74) is 5.75. The van der Waals surface area contributed by atoms with Crippen LogP contribution in [0.15, 0.2) is 12.3 Å². The summed E-state index contributed by atoms with van der Waals surface area (Å²) in [6, 6.07) is 1.41. The van der Waals surface area contributed by atoms with Crippen molar-refractivity contribution in [2.45, 2.75) is 32.7 Å². The van der Waals surface area contributed by atoms with Crippen LogP contribution in [0.3, 0.4) is 0 Å². The molecule has 0 radical (unpaired) electrons. The standard InChI is InChI=1S/C11H17N3O2/c1-4-11(2,3)14-9-8(10(15)16)5-7(12)6-13-9/h5-6H,4,12H2,1-3H3,(H,13,14)(H,15,16). The SMILES string of the molecule is CCC(C)(C)Nc1ncc(N)cc1C(=O)O. The van der Waals surface area contributed by atoms with E-state index in [1.165, 1.54) is 12.3 Å². The van der Waals surface area contributed by atoms with E-state index in [9.17, 15) is 4.79 Å². The second-order valence-electron chi connectivity index (χ2n) is 4.33. The average Bonchev–Trinajstić information content (AvgIpc) is 2.20. The van der Waals surface area contributed by atoms with Gasteiger partial charge in [-0.15, -0.1) is 0 Å². The third kappa shape index (κ3) is 2.85. The van der Waals surface area contributed by atoms with Gasteiger partial charge in [0.15, 0.2) is 0 Å². The molecular formula is C11H17N3O2. The number of pyridine rings is 1. The summed E-state index contributed by atoms with van der Waals surface area (Å²) in [6.07, 6.45) is 2.30. The number of aromatic nitrogens is 1. The number of aromatic carboxylic acids is 1. The molecule has 0 aromatic carbocycles. The van der Waals surface area contributed by atoms with Crippen molar-refractivity contribution >= 4 is 17.5 Å². The summed E-state index contributed by atoms with van der Waals surface area (Å²) in [5.74, 6) is -0.678. The van der Waals surface area contributed by atoms with E-state index < -0.39 is 5.97 Å². The number of carboxylic acids is 1. The highest BCUT2D eigenvalue weighted by atomic mass is 16.4. The monoisotopic (exact) mass is 223 g/mol. The van der Waals surface area contributed by atoms with E-state index in [0.29, 0.717) is 11.5 Å². The topological polar surface area (TPSA) is 88.2 Å². The first-order chi connectivity index (χ1) is 7.35. The molecule has 0 fully saturated rings. The summed E-state index contributed by atoms with van der Waals surface area (Å²) in [6.45, 7) is 5.98. The van der Waals surface area contributed by atoms with Gasteiger partial charge in [0.05, 0.1) is 11.9 Å². The van der Waals surface area contributed by atoms with Crippen LogP contribution < -0.4 is 11.1 Å². The van der Waals surface area contributed by atoms with E-state index in [-0.39, 0.29) is 11.1 Å². The highest BCUT2D eigenvalue weighted by Gasteiger charge is 2.19. The lowest BCUT2D eigenvalue weighted by Crippen LogP contribution is -2.31. The van der Waals surface area contributed by atoms with Crippen molar-refractivity contribution < 1.29 is 9.90 Å². The molecule has 0 aliphatic carbocycles. The van der Waals surface area contributed by atoms with Gasteiger partial charge in [-0.05, 0) is 26.3 Å². The van der Waals surface area contributed by atoms with Crippen LogP contribution in [-0.2, 0) is 0 Å². The largest absolute Gasteiger partial charge is 0.478 e. The number of nitrogens with zero attached hydrogens (tertiary/aromatic N) is 1. The number of hydrogen-bond acceptors (Lipinski definition) is 4. The number of hydrogen-bond donors (Lipinski definition) is 3. The molecule has 1 rings (SSSR count). The Labute approximate surface area is 94.7 Å². The predicted molar refractivity (Wildman–Crippen MR) is 63.6 cm³/mol. The average molecular weight is 223 g/mol. The molecule has 0 saturated heterocycles. The molecule has 1 aromatic rings. The first-order valence-corrected chi connectivity index (χ1v) is 5.12. The van der Waals surface area contributed by atoms with Gasteiger partial charge < -0.3 is 16.2 Å². The fraction of sp³-hybridized carbons (Fsp3) is 0.455. The molecule has 0 saturated carbocycles. The fourth-order valence-electron chi connectivity index (χ4n) is 1.15. The normalized spacial score (nSPS) is 11.2. The zero-order valence-electron chi connectivity index (χ0n) is 9.74. The zero-order valence-corrected chi connectivity index (χ0v) is 9.74. The molecule has 0 unspecified atom stereocenters. The van der Waals surface area contributed by atoms with Crippen LogP contribution in [0.1, 0.15) is 37.6 Å². The zero-order chi connectivity index (χ0) is 12.3. The molecule has 1 heterocycles. The quantitative estimate of drug-likeness (QED) is 0.726. The predicted octanol–water partition coefficient (Wildman–Crippen LogP) is 1.96. The summed E-state index contributed by atoms with van der Waals surface area (Å²) in [4.78, 5) is 15.0. The number of carboxylic acid groups (broad SMARTS) is 1. The summed E-state index contributed by atoms with van der Waals surface area (Å²) in [5, 5.41) is 12.1. The van der Waals surface area contributed by atoms with Crippen molar-refractivity contribution in [2.24, 2.45) is 0 Å². The minimum absolute atomic E-state index is 0.0986. The van der Waals surface area contributed by atoms with Crippen LogP contribution in [0, 0.1) is 0 Å². The fourth-order valence-corrected chi connectivity index (χ4v) is 1.15. The third-order valence-electron chi connectivity index (χ3n) is 2.48. The molecule has 0 amide bonds. The number of nitrogens with one attached hydrogen (secondary N) is 1. The second kappa shape index (κ2) is 4.38. The first kappa shape index (κ1) is 12.3. The lowest BCUT2D eigenvalue weighted by molar-refractivity contribution is 0.0697. The van der Waals surface area contributed by atoms with Gasteiger partial charge in [0.1, 0.15) is 11.4 Å². The van der Waals surface area contributed by atoms with Crippen molar-refractivity contribution in [3.63, 3.8) is 0 Å². The van der Waals surface area contributed by atoms with Crippen molar-refractivity contribution in [3.8, 4) is 0 Å². The van der Waals surface area contributed by atoms with E-state index in [2.05, 4.69) is 10.3 Å². The van der Waals surface area contributed by atoms with Crippen LogP contribution in [0.5, 0.6) is 0 Å². The molecule has 0 bridgehead atoms. The molecular weight excluding hydrogens is 206 g/mol. The van der Waals surface area contributed by atoms with Gasteiger partial charge in [-0.2, -0.15) is 0 Å². The molecule has 0 aliphatic heterocycles. The van der Waals surface area contributed by atoms with Crippen LogP contribution in [-0.4, -0.2) is 21.6 Å². The van der Waals surface area contributed by atoms with E-state index >= 15 is 0 Å². The maximum absolute atomic E-state index is 11.0. The molecule has 5 heteroatoms. The number of carbonyl (C=O) groups is 1. The van der Waals surface area contributed by atoms with Gasteiger partial charge in [-0.3, -0.25) is 0 Å². The second-order valence-corrected chi connectivity index (χ2v) is 4.33. The molecule has 0 spiro atoms. The Balaban J connectivity index is 3.09. The molecule has 16 heavy (non-hydrogen) atoms. The van der Waals surface area contributed by atoms with Gasteiger partial charge in [0.2, 0.25) is 0 Å². The van der Waals surface area contributed by atoms with Gasteiger partial charge >= 0.3 is 5.97 Å². The Morgan fingerprint density at radius 2 is 2.25 bits per heavy atom. The lowest BCUT2D eigenvalue weighted by Gasteiger charge is -2.26. The third-order valence-corrected chi connectivity index (χ3v) is 2.48. The Morgan fingerprint density at radius 1 is 1.62 bits per heavy atom. The molecule has 0 aliphatic rings. The van der Waals surface area contributed by atoms with Crippen LogP contribution in [0.25, 0.3) is 0 Å². The van der Waals surface area contributed by atoms with E-state index in [4.69, 9.17) is 10.8 Å². The summed E-state index contributed by atoms with van der Waals surface area (Å²) >= 11 is 0. The molecule has 4 N–H and O–H groups in total. The Bertz CT molecular complexity index is 402. The maximum atomic E-state index is 11.0. The molecule has 88 valence electrons. The lowest BCUT2D eigenvalue weighted by atomic mass is 10.0. The van der Waals surface area contributed by atoms with Crippen molar-refractivity contribution in [1.82, 2.24) is 4.98 Å². The highest BCUT2D eigenvalue weighted by Crippen LogP contribution is 2.21. The minimum Gasteiger partial charge on any atom is -0.478 e. The van der Waals surface area contributed by atoms with E-state index in [1.54, 1.807) is 0 Å². The Morgan fingerprint density at radius 3 is 2.75 bits per heavy atom. The van der Waals surface area contributed by atoms with Gasteiger partial charge in [0.25, 0.3) is 0 Å². The Hall–Kier alpha value is -1.78. The van der Waals surface area contributed by atoms with Gasteiger partial charge in [-0.1, -0.05) is 6.92 Å². The van der Waals surface area contributed by atoms with Crippen molar-refractivity contribution in [2.75, 3.05) is 11.1 Å². The van der Waals surface area contributed by atoms with Gasteiger partial charge in [0, 0.05) is 5.54 Å². The van der Waals surface area contributed by atoms with E-state index in [0.717, 1.165) is 6.42 Å². The van der Waals surface area contributed by atoms with E-state index in [1.807, 2.05) is 20.8 Å². The number of rotatable bonds is 4. The smallest absolute Gasteiger partial charge is 0.339 e. The van der Waals surface area contributed by atoms with Crippen molar-refractivity contribution in [1.29, 1.82) is 0 Å². The van der Waals surface area contributed by atoms with Crippen LogP contribution in [0.2, 0.25) is 0 Å². The Kier molecular flexibility index (Phi) is 3.37. The summed E-state index contributed by atoms with van der Waals surface area (Å²) in [7, 11) is 0. The molecule has 1 aromatic heterocycles.